The zero-order valence-corrected chi connectivity index (χ0v) is 10.6. The number of carbonyl (C=O) groups is 1. The quantitative estimate of drug-likeness (QED) is 0.785. The maximum absolute atomic E-state index is 11.8. The monoisotopic (exact) mass is 234 g/mol. The van der Waals surface area contributed by atoms with Crippen LogP contribution in [-0.4, -0.2) is 50.0 Å². The number of amides is 1. The van der Waals surface area contributed by atoms with Crippen LogP contribution >= 0.6 is 0 Å². The van der Waals surface area contributed by atoms with Crippen molar-refractivity contribution in [3.05, 3.63) is 29.3 Å². The van der Waals surface area contributed by atoms with E-state index in [4.69, 9.17) is 4.74 Å². The minimum Gasteiger partial charge on any atom is -0.492 e. The summed E-state index contributed by atoms with van der Waals surface area (Å²) < 4.78 is 5.61. The average Bonchev–Trinajstić information content (AvgIpc) is 2.55. The Hall–Kier alpha value is -1.55. The molecule has 0 fully saturated rings. The van der Waals surface area contributed by atoms with E-state index in [1.807, 2.05) is 39.3 Å². The van der Waals surface area contributed by atoms with Gasteiger partial charge in [0, 0.05) is 25.7 Å². The number of ether oxygens (including phenoxy) is 1. The summed E-state index contributed by atoms with van der Waals surface area (Å²) in [6.07, 6.45) is 0. The molecular formula is C13H18N2O2. The van der Waals surface area contributed by atoms with Gasteiger partial charge in [0.15, 0.2) is 0 Å². The fourth-order valence-electron chi connectivity index (χ4n) is 1.86. The Balaban J connectivity index is 2.05. The number of benzene rings is 1. The molecule has 0 radical (unpaired) electrons. The van der Waals surface area contributed by atoms with Crippen LogP contribution in [0.15, 0.2) is 18.2 Å². The molecule has 1 aromatic carbocycles. The molecule has 1 aromatic rings. The Morgan fingerprint density at radius 1 is 1.41 bits per heavy atom. The molecule has 0 saturated carbocycles. The van der Waals surface area contributed by atoms with Crippen LogP contribution in [-0.2, 0) is 6.54 Å². The maximum atomic E-state index is 11.8. The summed E-state index contributed by atoms with van der Waals surface area (Å²) in [5.74, 6) is 0.854. The lowest BCUT2D eigenvalue weighted by Crippen LogP contribution is -2.19. The number of hydrogen-bond donors (Lipinski definition) is 0. The SMILES string of the molecule is CN(C)CCOc1ccc2c(c1)C(=O)N(C)C2. The molecule has 0 bridgehead atoms. The van der Waals surface area contributed by atoms with Crippen molar-refractivity contribution in [2.75, 3.05) is 34.3 Å². The Morgan fingerprint density at radius 3 is 2.88 bits per heavy atom. The van der Waals surface area contributed by atoms with Crippen LogP contribution in [0.25, 0.3) is 0 Å². The van der Waals surface area contributed by atoms with Crippen molar-refractivity contribution in [3.8, 4) is 5.75 Å². The van der Waals surface area contributed by atoms with Gasteiger partial charge in [-0.2, -0.15) is 0 Å². The highest BCUT2D eigenvalue weighted by Gasteiger charge is 2.24. The van der Waals surface area contributed by atoms with Gasteiger partial charge in [-0.25, -0.2) is 0 Å². The first-order valence-corrected chi connectivity index (χ1v) is 5.74. The largest absolute Gasteiger partial charge is 0.492 e. The van der Waals surface area contributed by atoms with Crippen LogP contribution in [0.2, 0.25) is 0 Å². The van der Waals surface area contributed by atoms with E-state index in [1.165, 1.54) is 0 Å². The summed E-state index contributed by atoms with van der Waals surface area (Å²) in [5.41, 5.74) is 1.85. The van der Waals surface area contributed by atoms with Gasteiger partial charge in [0.1, 0.15) is 12.4 Å². The first-order valence-electron chi connectivity index (χ1n) is 5.74. The molecule has 0 atom stereocenters. The lowest BCUT2D eigenvalue weighted by atomic mass is 10.1. The summed E-state index contributed by atoms with van der Waals surface area (Å²) in [5, 5.41) is 0. The van der Waals surface area contributed by atoms with Gasteiger partial charge in [-0.1, -0.05) is 6.07 Å². The van der Waals surface area contributed by atoms with Crippen LogP contribution < -0.4 is 4.74 Å². The van der Waals surface area contributed by atoms with Crippen molar-refractivity contribution >= 4 is 5.91 Å². The highest BCUT2D eigenvalue weighted by atomic mass is 16.5. The molecule has 0 spiro atoms. The second-order valence-electron chi connectivity index (χ2n) is 4.63. The predicted octanol–water partition coefficient (Wildman–Crippen LogP) is 1.21. The van der Waals surface area contributed by atoms with E-state index in [0.29, 0.717) is 13.2 Å². The lowest BCUT2D eigenvalue weighted by Gasteiger charge is -2.11. The van der Waals surface area contributed by atoms with Crippen molar-refractivity contribution in [1.82, 2.24) is 9.80 Å². The molecule has 17 heavy (non-hydrogen) atoms. The molecule has 1 heterocycles. The third kappa shape index (κ3) is 2.58. The number of likely N-dealkylation sites (N-methyl/N-ethyl adjacent to an activating group) is 1. The molecule has 4 heteroatoms. The first kappa shape index (κ1) is 11.9. The van der Waals surface area contributed by atoms with E-state index in [-0.39, 0.29) is 5.91 Å². The second-order valence-corrected chi connectivity index (χ2v) is 4.63. The van der Waals surface area contributed by atoms with Crippen LogP contribution in [0.1, 0.15) is 15.9 Å². The normalized spacial score (nSPS) is 14.4. The minimum atomic E-state index is 0.0815. The van der Waals surface area contributed by atoms with Crippen LogP contribution in [0.3, 0.4) is 0 Å². The number of rotatable bonds is 4. The zero-order valence-electron chi connectivity index (χ0n) is 10.6. The third-order valence-corrected chi connectivity index (χ3v) is 2.87. The minimum absolute atomic E-state index is 0.0815. The third-order valence-electron chi connectivity index (χ3n) is 2.87. The molecular weight excluding hydrogens is 216 g/mol. The number of hydrogen-bond acceptors (Lipinski definition) is 3. The van der Waals surface area contributed by atoms with E-state index in [2.05, 4.69) is 4.90 Å². The van der Waals surface area contributed by atoms with Gasteiger partial charge in [-0.15, -0.1) is 0 Å². The van der Waals surface area contributed by atoms with Gasteiger partial charge >= 0.3 is 0 Å². The van der Waals surface area contributed by atoms with Gasteiger partial charge in [-0.3, -0.25) is 4.79 Å². The lowest BCUT2D eigenvalue weighted by molar-refractivity contribution is 0.0816. The molecule has 1 aliphatic rings. The maximum Gasteiger partial charge on any atom is 0.254 e. The van der Waals surface area contributed by atoms with E-state index < -0.39 is 0 Å². The Labute approximate surface area is 102 Å². The van der Waals surface area contributed by atoms with Crippen molar-refractivity contribution in [3.63, 3.8) is 0 Å². The zero-order chi connectivity index (χ0) is 12.4. The fraction of sp³-hybridized carbons (Fsp3) is 0.462. The summed E-state index contributed by atoms with van der Waals surface area (Å²) in [6.45, 7) is 2.20. The smallest absolute Gasteiger partial charge is 0.254 e. The van der Waals surface area contributed by atoms with Crippen LogP contribution in [0.4, 0.5) is 0 Å². The van der Waals surface area contributed by atoms with Crippen LogP contribution in [0.5, 0.6) is 5.75 Å². The highest BCUT2D eigenvalue weighted by molar-refractivity contribution is 5.98. The average molecular weight is 234 g/mol. The van der Waals surface area contributed by atoms with E-state index in [0.717, 1.165) is 23.4 Å². The summed E-state index contributed by atoms with van der Waals surface area (Å²) in [6, 6.07) is 5.75. The van der Waals surface area contributed by atoms with E-state index >= 15 is 0 Å². The molecule has 0 N–H and O–H groups in total. The predicted molar refractivity (Wildman–Crippen MR) is 66.3 cm³/mol. The van der Waals surface area contributed by atoms with E-state index in [9.17, 15) is 4.79 Å². The molecule has 2 rings (SSSR count). The second kappa shape index (κ2) is 4.75. The topological polar surface area (TPSA) is 32.8 Å². The van der Waals surface area contributed by atoms with Crippen molar-refractivity contribution < 1.29 is 9.53 Å². The molecule has 0 saturated heterocycles. The Kier molecular flexibility index (Phi) is 3.33. The molecule has 0 aliphatic carbocycles. The van der Waals surface area contributed by atoms with Gasteiger partial charge in [0.05, 0.1) is 0 Å². The molecule has 92 valence electrons. The Morgan fingerprint density at radius 2 is 2.18 bits per heavy atom. The van der Waals surface area contributed by atoms with Gasteiger partial charge in [0.2, 0.25) is 0 Å². The highest BCUT2D eigenvalue weighted by Crippen LogP contribution is 2.25. The number of nitrogens with zero attached hydrogens (tertiary/aromatic N) is 2. The summed E-state index contributed by atoms with van der Waals surface area (Å²) in [7, 11) is 5.82. The van der Waals surface area contributed by atoms with Crippen molar-refractivity contribution in [2.45, 2.75) is 6.54 Å². The van der Waals surface area contributed by atoms with Crippen LogP contribution in [0, 0.1) is 0 Å². The number of carbonyl (C=O) groups excluding carboxylic acids is 1. The molecule has 0 aromatic heterocycles. The van der Waals surface area contributed by atoms with Gasteiger partial charge < -0.3 is 14.5 Å². The molecule has 1 aliphatic heterocycles. The van der Waals surface area contributed by atoms with Crippen molar-refractivity contribution in [1.29, 1.82) is 0 Å². The van der Waals surface area contributed by atoms with Gasteiger partial charge in [-0.05, 0) is 31.8 Å². The Bertz CT molecular complexity index is 429. The molecule has 1 amide bonds. The molecule has 4 nitrogen and oxygen atoms in total. The first-order chi connectivity index (χ1) is 8.08. The van der Waals surface area contributed by atoms with Gasteiger partial charge in [0.25, 0.3) is 5.91 Å². The van der Waals surface area contributed by atoms with Crippen molar-refractivity contribution in [2.24, 2.45) is 0 Å². The number of fused-ring (bicyclic) bond motifs is 1. The fourth-order valence-corrected chi connectivity index (χ4v) is 1.86. The van der Waals surface area contributed by atoms with E-state index in [1.54, 1.807) is 4.90 Å². The summed E-state index contributed by atoms with van der Waals surface area (Å²) in [4.78, 5) is 15.6. The summed E-state index contributed by atoms with van der Waals surface area (Å²) >= 11 is 0. The molecule has 0 unspecified atom stereocenters. The standard InChI is InChI=1S/C13H18N2O2/c1-14(2)6-7-17-11-5-4-10-9-15(3)13(16)12(10)8-11/h4-5,8H,6-7,9H2,1-3H3.